The van der Waals surface area contributed by atoms with Crippen molar-refractivity contribution in [1.82, 2.24) is 15.1 Å². The fourth-order valence-electron chi connectivity index (χ4n) is 4.97. The number of rotatable bonds is 4. The van der Waals surface area contributed by atoms with Crippen LogP contribution in [0.15, 0.2) is 0 Å². The van der Waals surface area contributed by atoms with Crippen LogP contribution < -0.4 is 5.32 Å². The Bertz CT molecular complexity index is 580. The number of likely N-dealkylation sites (tertiary alicyclic amines) is 2. The number of carboxylic acid groups (broad SMARTS) is 1. The lowest BCUT2D eigenvalue weighted by molar-refractivity contribution is -0.152. The van der Waals surface area contributed by atoms with E-state index < -0.39 is 12.0 Å². The van der Waals surface area contributed by atoms with Gasteiger partial charge in [0.1, 0.15) is 6.04 Å². The summed E-state index contributed by atoms with van der Waals surface area (Å²) >= 11 is 0. The topological polar surface area (TPSA) is 90.0 Å². The van der Waals surface area contributed by atoms with E-state index in [4.69, 9.17) is 0 Å². The molecule has 0 bridgehead atoms. The van der Waals surface area contributed by atoms with E-state index in [1.165, 1.54) is 0 Å². The quantitative estimate of drug-likeness (QED) is 0.784. The Morgan fingerprint density at radius 1 is 1.11 bits per heavy atom. The number of carbonyl (C=O) groups excluding carboxylic acids is 2. The van der Waals surface area contributed by atoms with E-state index in [1.807, 2.05) is 13.8 Å². The second-order valence-electron chi connectivity index (χ2n) is 8.81. The lowest BCUT2D eigenvalue weighted by Crippen LogP contribution is -2.53. The summed E-state index contributed by atoms with van der Waals surface area (Å²) in [6.07, 6.45) is 6.21. The van der Waals surface area contributed by atoms with Gasteiger partial charge in [0, 0.05) is 25.7 Å². The summed E-state index contributed by atoms with van der Waals surface area (Å²) in [7, 11) is 0. The van der Waals surface area contributed by atoms with Crippen LogP contribution in [0.5, 0.6) is 0 Å². The number of urea groups is 1. The molecule has 3 rings (SSSR count). The highest BCUT2D eigenvalue weighted by Gasteiger charge is 2.49. The number of piperidine rings is 1. The molecule has 7 nitrogen and oxygen atoms in total. The summed E-state index contributed by atoms with van der Waals surface area (Å²) in [6, 6.07) is -0.749. The van der Waals surface area contributed by atoms with Gasteiger partial charge >= 0.3 is 12.0 Å². The standard InChI is InChI=1S/C20H33N3O4/c1-13(2)11-21-20(27)22-9-5-7-15(12-22)18(24)23-16-8-4-3-6-14(16)10-17(23)19(25)26/h13-17H,3-12H2,1-2H3,(H,21,27)(H,25,26). The highest BCUT2D eigenvalue weighted by atomic mass is 16.4. The van der Waals surface area contributed by atoms with Crippen LogP contribution in [0.1, 0.15) is 58.8 Å². The molecule has 3 aliphatic rings. The van der Waals surface area contributed by atoms with Crippen LogP contribution in [-0.4, -0.2) is 64.5 Å². The minimum atomic E-state index is -0.889. The largest absolute Gasteiger partial charge is 0.480 e. The molecule has 1 aliphatic carbocycles. The molecule has 152 valence electrons. The minimum Gasteiger partial charge on any atom is -0.480 e. The van der Waals surface area contributed by atoms with Crippen LogP contribution in [0.25, 0.3) is 0 Å². The monoisotopic (exact) mass is 379 g/mol. The number of amides is 3. The van der Waals surface area contributed by atoms with E-state index in [9.17, 15) is 19.5 Å². The van der Waals surface area contributed by atoms with E-state index in [1.54, 1.807) is 9.80 Å². The van der Waals surface area contributed by atoms with Crippen molar-refractivity contribution in [2.75, 3.05) is 19.6 Å². The molecular weight excluding hydrogens is 346 g/mol. The summed E-state index contributed by atoms with van der Waals surface area (Å²) < 4.78 is 0. The molecule has 0 radical (unpaired) electrons. The molecule has 3 fully saturated rings. The highest BCUT2D eigenvalue weighted by molar-refractivity contribution is 5.87. The molecule has 2 N–H and O–H groups in total. The second kappa shape index (κ2) is 8.48. The Morgan fingerprint density at radius 2 is 1.85 bits per heavy atom. The normalized spacial score (nSPS) is 30.9. The molecule has 2 aliphatic heterocycles. The van der Waals surface area contributed by atoms with Crippen LogP contribution in [-0.2, 0) is 9.59 Å². The fraction of sp³-hybridized carbons (Fsp3) is 0.850. The first-order valence-corrected chi connectivity index (χ1v) is 10.5. The maximum absolute atomic E-state index is 13.3. The molecule has 2 saturated heterocycles. The SMILES string of the molecule is CC(C)CNC(=O)N1CCCC(C(=O)N2C(C(=O)O)CC3CCCCC32)C1. The molecule has 2 heterocycles. The molecule has 1 saturated carbocycles. The average molecular weight is 380 g/mol. The number of carboxylic acids is 1. The number of nitrogens with one attached hydrogen (secondary N) is 1. The molecule has 7 heteroatoms. The second-order valence-corrected chi connectivity index (χ2v) is 8.81. The van der Waals surface area contributed by atoms with Gasteiger partial charge in [-0.2, -0.15) is 0 Å². The van der Waals surface area contributed by atoms with E-state index in [2.05, 4.69) is 5.32 Å². The van der Waals surface area contributed by atoms with Crippen molar-refractivity contribution in [3.8, 4) is 0 Å². The molecule has 0 spiro atoms. The molecule has 4 unspecified atom stereocenters. The molecule has 0 aromatic carbocycles. The van der Waals surface area contributed by atoms with Crippen LogP contribution in [0, 0.1) is 17.8 Å². The lowest BCUT2D eigenvalue weighted by Gasteiger charge is -2.38. The van der Waals surface area contributed by atoms with E-state index in [-0.39, 0.29) is 23.9 Å². The zero-order valence-corrected chi connectivity index (χ0v) is 16.5. The maximum Gasteiger partial charge on any atom is 0.326 e. The first kappa shape index (κ1) is 20.0. The van der Waals surface area contributed by atoms with E-state index >= 15 is 0 Å². The smallest absolute Gasteiger partial charge is 0.326 e. The Balaban J connectivity index is 1.68. The number of fused-ring (bicyclic) bond motifs is 1. The van der Waals surface area contributed by atoms with Crippen molar-refractivity contribution in [3.63, 3.8) is 0 Å². The molecule has 0 aromatic heterocycles. The van der Waals surface area contributed by atoms with Gasteiger partial charge in [0.25, 0.3) is 0 Å². The van der Waals surface area contributed by atoms with Gasteiger partial charge in [-0.1, -0.05) is 26.7 Å². The predicted molar refractivity (Wildman–Crippen MR) is 101 cm³/mol. The molecule has 4 atom stereocenters. The molecular formula is C20H33N3O4. The first-order valence-electron chi connectivity index (χ1n) is 10.5. The third kappa shape index (κ3) is 4.38. The molecule has 0 aromatic rings. The Labute approximate surface area is 161 Å². The lowest BCUT2D eigenvalue weighted by atomic mass is 9.84. The van der Waals surface area contributed by atoms with Crippen molar-refractivity contribution >= 4 is 17.9 Å². The van der Waals surface area contributed by atoms with Gasteiger partial charge in [-0.05, 0) is 43.9 Å². The summed E-state index contributed by atoms with van der Waals surface area (Å²) in [5, 5.41) is 12.6. The van der Waals surface area contributed by atoms with Crippen molar-refractivity contribution in [2.24, 2.45) is 17.8 Å². The summed E-state index contributed by atoms with van der Waals surface area (Å²) in [4.78, 5) is 40.9. The van der Waals surface area contributed by atoms with Gasteiger partial charge in [0.2, 0.25) is 5.91 Å². The fourth-order valence-corrected chi connectivity index (χ4v) is 4.97. The van der Waals surface area contributed by atoms with E-state index in [0.29, 0.717) is 37.9 Å². The predicted octanol–water partition coefficient (Wildman–Crippen LogP) is 2.31. The van der Waals surface area contributed by atoms with Crippen LogP contribution in [0.3, 0.4) is 0 Å². The van der Waals surface area contributed by atoms with Gasteiger partial charge in [-0.25, -0.2) is 9.59 Å². The first-order chi connectivity index (χ1) is 12.9. The van der Waals surface area contributed by atoms with Crippen LogP contribution >= 0.6 is 0 Å². The summed E-state index contributed by atoms with van der Waals surface area (Å²) in [5.74, 6) is -0.539. The number of aliphatic carboxylic acids is 1. The van der Waals surface area contributed by atoms with Crippen molar-refractivity contribution in [2.45, 2.75) is 70.9 Å². The maximum atomic E-state index is 13.3. The van der Waals surface area contributed by atoms with Crippen LogP contribution in [0.2, 0.25) is 0 Å². The Morgan fingerprint density at radius 3 is 2.56 bits per heavy atom. The number of carbonyl (C=O) groups is 3. The summed E-state index contributed by atoms with van der Waals surface area (Å²) in [5.41, 5.74) is 0. The van der Waals surface area contributed by atoms with Gasteiger partial charge in [-0.3, -0.25) is 4.79 Å². The minimum absolute atomic E-state index is 0.0573. The van der Waals surface area contributed by atoms with Crippen molar-refractivity contribution < 1.29 is 19.5 Å². The van der Waals surface area contributed by atoms with Crippen LogP contribution in [0.4, 0.5) is 4.79 Å². The number of nitrogens with zero attached hydrogens (tertiary/aromatic N) is 2. The Hall–Kier alpha value is -1.79. The number of hydrogen-bond acceptors (Lipinski definition) is 3. The van der Waals surface area contributed by atoms with Gasteiger partial charge < -0.3 is 20.2 Å². The zero-order valence-electron chi connectivity index (χ0n) is 16.5. The third-order valence-corrected chi connectivity index (χ3v) is 6.35. The molecule has 27 heavy (non-hydrogen) atoms. The summed E-state index contributed by atoms with van der Waals surface area (Å²) in [6.45, 7) is 5.75. The van der Waals surface area contributed by atoms with Gasteiger partial charge in [0.15, 0.2) is 0 Å². The van der Waals surface area contributed by atoms with Crippen molar-refractivity contribution in [1.29, 1.82) is 0 Å². The highest BCUT2D eigenvalue weighted by Crippen LogP contribution is 2.41. The Kier molecular flexibility index (Phi) is 6.27. The third-order valence-electron chi connectivity index (χ3n) is 6.35. The number of hydrogen-bond donors (Lipinski definition) is 2. The van der Waals surface area contributed by atoms with Gasteiger partial charge in [0.05, 0.1) is 5.92 Å². The molecule has 3 amide bonds. The zero-order chi connectivity index (χ0) is 19.6. The van der Waals surface area contributed by atoms with E-state index in [0.717, 1.165) is 38.5 Å². The van der Waals surface area contributed by atoms with Gasteiger partial charge in [-0.15, -0.1) is 0 Å². The van der Waals surface area contributed by atoms with Crippen molar-refractivity contribution in [3.05, 3.63) is 0 Å². The average Bonchev–Trinajstić information content (AvgIpc) is 3.05.